The average Bonchev–Trinajstić information content (AvgIpc) is 3.42. The summed E-state index contributed by atoms with van der Waals surface area (Å²) in [7, 11) is 0. The van der Waals surface area contributed by atoms with Crippen LogP contribution in [0.5, 0.6) is 0 Å². The van der Waals surface area contributed by atoms with Crippen LogP contribution in [0.3, 0.4) is 0 Å². The molecule has 2 heteroatoms. The number of para-hydroxylation sites is 2. The van der Waals surface area contributed by atoms with Crippen molar-refractivity contribution in [2.75, 3.05) is 0 Å². The van der Waals surface area contributed by atoms with Gasteiger partial charge in [0.05, 0.1) is 0 Å². The highest BCUT2D eigenvalue weighted by molar-refractivity contribution is 6.18. The van der Waals surface area contributed by atoms with Crippen LogP contribution in [-0.4, -0.2) is 9.97 Å². The molecule has 150 valence electrons. The predicted molar refractivity (Wildman–Crippen MR) is 136 cm³/mol. The maximum atomic E-state index is 3.59. The second-order valence-electron chi connectivity index (χ2n) is 8.34. The summed E-state index contributed by atoms with van der Waals surface area (Å²) >= 11 is 0. The van der Waals surface area contributed by atoms with Crippen molar-refractivity contribution in [3.05, 3.63) is 109 Å². The van der Waals surface area contributed by atoms with E-state index >= 15 is 0 Å². The lowest BCUT2D eigenvalue weighted by Gasteiger charge is -2.13. The maximum Gasteiger partial charge on any atom is 0.0471 e. The quantitative estimate of drug-likeness (QED) is 0.288. The number of rotatable bonds is 2. The largest absolute Gasteiger partial charge is 0.354 e. The van der Waals surface area contributed by atoms with Gasteiger partial charge in [0.15, 0.2) is 0 Å². The van der Waals surface area contributed by atoms with Gasteiger partial charge in [-0.15, -0.1) is 0 Å². The van der Waals surface area contributed by atoms with Crippen molar-refractivity contribution in [2.45, 2.75) is 0 Å². The van der Waals surface area contributed by atoms with Gasteiger partial charge in [0.25, 0.3) is 0 Å². The standard InChI is InChI=1S/C30H20N2/c1-2-10-20(22-14-8-18-28-30(22)24-12-4-6-16-26(24)32-28)19(9-1)21-13-7-17-27-29(21)23-11-3-5-15-25(23)31-27/h1-18,31-32H. The zero-order valence-corrected chi connectivity index (χ0v) is 17.4. The number of H-pyrrole nitrogens is 2. The third-order valence-electron chi connectivity index (χ3n) is 6.57. The first-order chi connectivity index (χ1) is 15.9. The second kappa shape index (κ2) is 6.60. The Hall–Kier alpha value is -4.30. The van der Waals surface area contributed by atoms with Gasteiger partial charge in [0.1, 0.15) is 0 Å². The average molecular weight is 409 g/mol. The molecular formula is C30H20N2. The van der Waals surface area contributed by atoms with Gasteiger partial charge in [0, 0.05) is 43.6 Å². The van der Waals surface area contributed by atoms with Crippen LogP contribution in [0.4, 0.5) is 0 Å². The Balaban J connectivity index is 1.59. The van der Waals surface area contributed by atoms with Gasteiger partial charge in [-0.05, 0) is 46.5 Å². The molecule has 0 radical (unpaired) electrons. The summed E-state index contributed by atoms with van der Waals surface area (Å²) in [6.45, 7) is 0. The summed E-state index contributed by atoms with van der Waals surface area (Å²) in [5.74, 6) is 0. The number of aromatic amines is 2. The maximum absolute atomic E-state index is 3.59. The molecule has 2 nitrogen and oxygen atoms in total. The SMILES string of the molecule is c1ccc(-c2cccc3[nH]c4ccccc4c23)c(-c2cccc3[nH]c4ccccc4c23)c1. The van der Waals surface area contributed by atoms with Crippen LogP contribution >= 0.6 is 0 Å². The summed E-state index contributed by atoms with van der Waals surface area (Å²) in [6.07, 6.45) is 0. The zero-order valence-electron chi connectivity index (χ0n) is 17.4. The molecule has 0 fully saturated rings. The Morgan fingerprint density at radius 1 is 0.312 bits per heavy atom. The van der Waals surface area contributed by atoms with E-state index in [1.165, 1.54) is 65.9 Å². The van der Waals surface area contributed by atoms with Gasteiger partial charge in [0.2, 0.25) is 0 Å². The smallest absolute Gasteiger partial charge is 0.0471 e. The van der Waals surface area contributed by atoms with Crippen molar-refractivity contribution in [1.82, 2.24) is 9.97 Å². The number of aromatic nitrogens is 2. The first-order valence-electron chi connectivity index (χ1n) is 11.0. The van der Waals surface area contributed by atoms with Crippen molar-refractivity contribution in [1.29, 1.82) is 0 Å². The fraction of sp³-hybridized carbons (Fsp3) is 0. The van der Waals surface area contributed by atoms with Crippen LogP contribution in [0.2, 0.25) is 0 Å². The number of nitrogens with one attached hydrogen (secondary N) is 2. The Bertz CT molecular complexity index is 1650. The molecule has 7 rings (SSSR count). The summed E-state index contributed by atoms with van der Waals surface area (Å²) in [4.78, 5) is 7.18. The molecule has 0 unspecified atom stereocenters. The van der Waals surface area contributed by atoms with Crippen LogP contribution in [0.1, 0.15) is 0 Å². The summed E-state index contributed by atoms with van der Waals surface area (Å²) in [5, 5.41) is 5.08. The summed E-state index contributed by atoms with van der Waals surface area (Å²) in [5.41, 5.74) is 9.70. The second-order valence-corrected chi connectivity index (χ2v) is 8.34. The van der Waals surface area contributed by atoms with Crippen LogP contribution in [-0.2, 0) is 0 Å². The Morgan fingerprint density at radius 3 is 1.19 bits per heavy atom. The van der Waals surface area contributed by atoms with Crippen molar-refractivity contribution < 1.29 is 0 Å². The molecule has 0 amide bonds. The zero-order chi connectivity index (χ0) is 21.1. The van der Waals surface area contributed by atoms with Crippen LogP contribution in [0.25, 0.3) is 65.9 Å². The molecule has 2 N–H and O–H groups in total. The van der Waals surface area contributed by atoms with Gasteiger partial charge in [-0.1, -0.05) is 84.9 Å². The summed E-state index contributed by atoms with van der Waals surface area (Å²) in [6, 6.07) is 39.0. The fourth-order valence-electron chi connectivity index (χ4n) is 5.21. The van der Waals surface area contributed by atoms with Crippen LogP contribution in [0, 0.1) is 0 Å². The minimum Gasteiger partial charge on any atom is -0.354 e. The molecule has 5 aromatic carbocycles. The van der Waals surface area contributed by atoms with Crippen molar-refractivity contribution in [3.63, 3.8) is 0 Å². The van der Waals surface area contributed by atoms with E-state index < -0.39 is 0 Å². The van der Waals surface area contributed by atoms with Gasteiger partial charge in [-0.25, -0.2) is 0 Å². The molecule has 0 saturated heterocycles. The molecule has 0 spiro atoms. The van der Waals surface area contributed by atoms with Gasteiger partial charge < -0.3 is 9.97 Å². The van der Waals surface area contributed by atoms with E-state index in [1.807, 2.05) is 0 Å². The van der Waals surface area contributed by atoms with Crippen LogP contribution in [0.15, 0.2) is 109 Å². The molecule has 0 aliphatic carbocycles. The van der Waals surface area contributed by atoms with E-state index in [9.17, 15) is 0 Å². The molecule has 32 heavy (non-hydrogen) atoms. The number of benzene rings is 5. The van der Waals surface area contributed by atoms with E-state index in [1.54, 1.807) is 0 Å². The molecule has 0 aliphatic rings. The van der Waals surface area contributed by atoms with Gasteiger partial charge >= 0.3 is 0 Å². The number of hydrogen-bond acceptors (Lipinski definition) is 0. The van der Waals surface area contributed by atoms with E-state index in [4.69, 9.17) is 0 Å². The Morgan fingerprint density at radius 2 is 0.688 bits per heavy atom. The number of fused-ring (bicyclic) bond motifs is 6. The topological polar surface area (TPSA) is 31.6 Å². The molecule has 0 saturated carbocycles. The van der Waals surface area contributed by atoms with E-state index in [0.717, 1.165) is 0 Å². The molecule has 7 aromatic rings. The number of hydrogen-bond donors (Lipinski definition) is 2. The van der Waals surface area contributed by atoms with E-state index in [2.05, 4.69) is 119 Å². The fourth-order valence-corrected chi connectivity index (χ4v) is 5.21. The molecule has 0 aliphatic heterocycles. The van der Waals surface area contributed by atoms with Gasteiger partial charge in [-0.2, -0.15) is 0 Å². The highest BCUT2D eigenvalue weighted by Crippen LogP contribution is 2.42. The first kappa shape index (κ1) is 17.4. The Kier molecular flexibility index (Phi) is 3.58. The molecule has 0 atom stereocenters. The highest BCUT2D eigenvalue weighted by Gasteiger charge is 2.16. The van der Waals surface area contributed by atoms with E-state index in [-0.39, 0.29) is 0 Å². The van der Waals surface area contributed by atoms with Crippen molar-refractivity contribution in [2.24, 2.45) is 0 Å². The molecule has 0 bridgehead atoms. The van der Waals surface area contributed by atoms with Crippen molar-refractivity contribution >= 4 is 43.6 Å². The lowest BCUT2D eigenvalue weighted by atomic mass is 9.90. The molecular weight excluding hydrogens is 388 g/mol. The predicted octanol–water partition coefficient (Wildman–Crippen LogP) is 8.29. The lowest BCUT2D eigenvalue weighted by molar-refractivity contribution is 1.54. The van der Waals surface area contributed by atoms with Crippen LogP contribution < -0.4 is 0 Å². The van der Waals surface area contributed by atoms with E-state index in [0.29, 0.717) is 0 Å². The lowest BCUT2D eigenvalue weighted by Crippen LogP contribution is -1.87. The first-order valence-corrected chi connectivity index (χ1v) is 11.0. The van der Waals surface area contributed by atoms with Crippen molar-refractivity contribution in [3.8, 4) is 22.3 Å². The molecule has 2 aromatic heterocycles. The third kappa shape index (κ3) is 2.41. The third-order valence-corrected chi connectivity index (χ3v) is 6.57. The normalized spacial score (nSPS) is 11.8. The van der Waals surface area contributed by atoms with Gasteiger partial charge in [-0.3, -0.25) is 0 Å². The highest BCUT2D eigenvalue weighted by atomic mass is 14.7. The Labute approximate surface area is 185 Å². The molecule has 2 heterocycles. The monoisotopic (exact) mass is 408 g/mol. The summed E-state index contributed by atoms with van der Waals surface area (Å²) < 4.78 is 0. The minimum absolute atomic E-state index is 1.17. The minimum atomic E-state index is 1.17.